The molecule has 106 valence electrons. The Kier molecular flexibility index (Phi) is 3.36. The molecule has 0 aliphatic heterocycles. The second kappa shape index (κ2) is 5.32. The van der Waals surface area contributed by atoms with Gasteiger partial charge in [0, 0.05) is 24.4 Å². The highest BCUT2D eigenvalue weighted by Gasteiger charge is 2.16. The second-order valence-corrected chi connectivity index (χ2v) is 4.92. The zero-order valence-electron chi connectivity index (χ0n) is 11.8. The molecular weight excluding hydrogens is 264 g/mol. The molecule has 0 unspecified atom stereocenters. The number of nitrogens with one attached hydrogen (secondary N) is 1. The number of benzene rings is 1. The largest absolute Gasteiger partial charge is 0.463 e. The Morgan fingerprint density at radius 3 is 2.81 bits per heavy atom. The summed E-state index contributed by atoms with van der Waals surface area (Å²) in [5, 5.41) is 2.90. The maximum atomic E-state index is 12.5. The fourth-order valence-corrected chi connectivity index (χ4v) is 2.32. The third kappa shape index (κ3) is 2.48. The maximum absolute atomic E-state index is 12.5. The summed E-state index contributed by atoms with van der Waals surface area (Å²) in [4.78, 5) is 12.5. The van der Waals surface area contributed by atoms with Crippen molar-refractivity contribution in [3.63, 3.8) is 0 Å². The number of carbonyl (C=O) groups excluding carboxylic acids is 1. The van der Waals surface area contributed by atoms with Gasteiger partial charge in [0.05, 0.1) is 11.8 Å². The van der Waals surface area contributed by atoms with Gasteiger partial charge in [-0.15, -0.1) is 6.58 Å². The van der Waals surface area contributed by atoms with Crippen molar-refractivity contribution in [2.24, 2.45) is 0 Å². The van der Waals surface area contributed by atoms with Crippen LogP contribution in [0.25, 0.3) is 11.1 Å². The van der Waals surface area contributed by atoms with E-state index in [-0.39, 0.29) is 5.91 Å². The van der Waals surface area contributed by atoms with E-state index in [1.165, 1.54) is 0 Å². The Morgan fingerprint density at radius 2 is 2.10 bits per heavy atom. The van der Waals surface area contributed by atoms with E-state index in [1.54, 1.807) is 18.4 Å². The monoisotopic (exact) mass is 280 g/mol. The van der Waals surface area contributed by atoms with E-state index >= 15 is 0 Å². The Morgan fingerprint density at radius 1 is 1.33 bits per heavy atom. The third-order valence-corrected chi connectivity index (χ3v) is 3.38. The molecule has 0 aliphatic rings. The van der Waals surface area contributed by atoms with E-state index in [9.17, 15) is 4.79 Å². The molecule has 0 fully saturated rings. The van der Waals surface area contributed by atoms with E-state index in [2.05, 4.69) is 11.9 Å². The number of aryl methyl sites for hydroxylation is 1. The smallest absolute Gasteiger partial charge is 0.272 e. The predicted octanol–water partition coefficient (Wildman–Crippen LogP) is 3.98. The van der Waals surface area contributed by atoms with Crippen LogP contribution in [0.2, 0.25) is 0 Å². The molecule has 1 aromatic carbocycles. The van der Waals surface area contributed by atoms with Gasteiger partial charge in [0.1, 0.15) is 5.69 Å². The molecule has 0 saturated carbocycles. The van der Waals surface area contributed by atoms with Crippen LogP contribution in [0.5, 0.6) is 0 Å². The minimum Gasteiger partial charge on any atom is -0.463 e. The average molecular weight is 280 g/mol. The minimum absolute atomic E-state index is 0.160. The zero-order valence-corrected chi connectivity index (χ0v) is 11.8. The zero-order chi connectivity index (χ0) is 14.8. The summed E-state index contributed by atoms with van der Waals surface area (Å²) in [7, 11) is 0. The summed E-state index contributed by atoms with van der Waals surface area (Å²) in [5.41, 5.74) is 4.08. The van der Waals surface area contributed by atoms with Crippen LogP contribution in [0.4, 0.5) is 5.69 Å². The molecule has 1 N–H and O–H groups in total. The lowest BCUT2D eigenvalue weighted by atomic mass is 10.2. The quantitative estimate of drug-likeness (QED) is 0.735. The predicted molar refractivity (Wildman–Crippen MR) is 83.5 cm³/mol. The van der Waals surface area contributed by atoms with Crippen LogP contribution in [0, 0.1) is 6.92 Å². The summed E-state index contributed by atoms with van der Waals surface area (Å²) in [6, 6.07) is 11.3. The Hall–Kier alpha value is -2.75. The number of aromatic nitrogens is 1. The highest BCUT2D eigenvalue weighted by molar-refractivity contribution is 6.05. The molecule has 0 saturated heterocycles. The van der Waals surface area contributed by atoms with Crippen molar-refractivity contribution in [2.75, 3.05) is 5.32 Å². The number of rotatable bonds is 4. The van der Waals surface area contributed by atoms with E-state index in [4.69, 9.17) is 4.42 Å². The van der Waals surface area contributed by atoms with Gasteiger partial charge in [-0.25, -0.2) is 0 Å². The number of nitrogens with zero attached hydrogens (tertiary/aromatic N) is 1. The fraction of sp³-hybridized carbons (Fsp3) is 0.118. The van der Waals surface area contributed by atoms with Gasteiger partial charge in [-0.1, -0.05) is 23.8 Å². The minimum atomic E-state index is -0.160. The van der Waals surface area contributed by atoms with Gasteiger partial charge in [-0.2, -0.15) is 0 Å². The van der Waals surface area contributed by atoms with Crippen LogP contribution < -0.4 is 5.32 Å². The number of hydrogen-bond donors (Lipinski definition) is 1. The summed E-state index contributed by atoms with van der Waals surface area (Å²) >= 11 is 0. The topological polar surface area (TPSA) is 47.2 Å². The number of fused-ring (bicyclic) bond motifs is 1. The van der Waals surface area contributed by atoms with Crippen molar-refractivity contribution in [3.8, 4) is 0 Å². The third-order valence-electron chi connectivity index (χ3n) is 3.38. The van der Waals surface area contributed by atoms with Crippen LogP contribution in [0.15, 0.2) is 59.7 Å². The molecule has 2 heterocycles. The highest BCUT2D eigenvalue weighted by atomic mass is 16.3. The van der Waals surface area contributed by atoms with Crippen LogP contribution in [0.1, 0.15) is 16.1 Å². The molecule has 0 bridgehead atoms. The van der Waals surface area contributed by atoms with Crippen LogP contribution in [-0.4, -0.2) is 10.5 Å². The van der Waals surface area contributed by atoms with Crippen LogP contribution in [-0.2, 0) is 6.54 Å². The first-order valence-corrected chi connectivity index (χ1v) is 6.74. The van der Waals surface area contributed by atoms with Crippen molar-refractivity contribution < 1.29 is 9.21 Å². The van der Waals surface area contributed by atoms with Gasteiger partial charge < -0.3 is 14.3 Å². The van der Waals surface area contributed by atoms with Crippen molar-refractivity contribution in [2.45, 2.75) is 13.5 Å². The Labute approximate surface area is 122 Å². The van der Waals surface area contributed by atoms with Gasteiger partial charge in [0.2, 0.25) is 0 Å². The average Bonchev–Trinajstić information content (AvgIpc) is 3.04. The van der Waals surface area contributed by atoms with Gasteiger partial charge in [0.15, 0.2) is 5.58 Å². The SMILES string of the molecule is C=CCn1c(C(=O)Nc2ccc(C)cc2)cc2occc21. The Balaban J connectivity index is 1.93. The lowest BCUT2D eigenvalue weighted by Gasteiger charge is -2.08. The molecule has 3 aromatic rings. The van der Waals surface area contributed by atoms with Gasteiger partial charge >= 0.3 is 0 Å². The number of carbonyl (C=O) groups is 1. The normalized spacial score (nSPS) is 10.7. The van der Waals surface area contributed by atoms with Gasteiger partial charge in [0.25, 0.3) is 5.91 Å². The Bertz CT molecular complexity index is 794. The number of anilines is 1. The number of amides is 1. The van der Waals surface area contributed by atoms with Gasteiger partial charge in [-0.3, -0.25) is 4.79 Å². The summed E-state index contributed by atoms with van der Waals surface area (Å²) < 4.78 is 7.25. The van der Waals surface area contributed by atoms with Crippen molar-refractivity contribution >= 4 is 22.7 Å². The lowest BCUT2D eigenvalue weighted by Crippen LogP contribution is -2.16. The molecule has 4 heteroatoms. The molecule has 2 aromatic heterocycles. The molecule has 0 radical (unpaired) electrons. The molecule has 21 heavy (non-hydrogen) atoms. The second-order valence-electron chi connectivity index (χ2n) is 4.92. The first kappa shape index (κ1) is 13.2. The van der Waals surface area contributed by atoms with Gasteiger partial charge in [-0.05, 0) is 19.1 Å². The standard InChI is InChI=1S/C17H16N2O2/c1-3-9-19-14-8-10-21-16(14)11-15(19)17(20)18-13-6-4-12(2)5-7-13/h3-8,10-11H,1,9H2,2H3,(H,18,20). The summed E-state index contributed by atoms with van der Waals surface area (Å²) in [6.07, 6.45) is 3.38. The van der Waals surface area contributed by atoms with E-state index in [1.807, 2.05) is 41.8 Å². The lowest BCUT2D eigenvalue weighted by molar-refractivity contribution is 0.101. The molecular formula is C17H16N2O2. The van der Waals surface area contributed by atoms with E-state index in [0.717, 1.165) is 16.8 Å². The van der Waals surface area contributed by atoms with Crippen LogP contribution in [0.3, 0.4) is 0 Å². The summed E-state index contributed by atoms with van der Waals surface area (Å²) in [6.45, 7) is 6.30. The fourth-order valence-electron chi connectivity index (χ4n) is 2.32. The van der Waals surface area contributed by atoms with Crippen molar-refractivity contribution in [1.29, 1.82) is 0 Å². The molecule has 0 spiro atoms. The van der Waals surface area contributed by atoms with Crippen molar-refractivity contribution in [3.05, 3.63) is 66.6 Å². The molecule has 3 rings (SSSR count). The van der Waals surface area contributed by atoms with Crippen molar-refractivity contribution in [1.82, 2.24) is 4.57 Å². The molecule has 1 amide bonds. The van der Waals surface area contributed by atoms with E-state index in [0.29, 0.717) is 17.8 Å². The van der Waals surface area contributed by atoms with E-state index < -0.39 is 0 Å². The highest BCUT2D eigenvalue weighted by Crippen LogP contribution is 2.22. The first-order valence-electron chi connectivity index (χ1n) is 6.74. The number of hydrogen-bond acceptors (Lipinski definition) is 2. The van der Waals surface area contributed by atoms with Crippen LogP contribution >= 0.6 is 0 Å². The maximum Gasteiger partial charge on any atom is 0.272 e. The summed E-state index contributed by atoms with van der Waals surface area (Å²) in [5.74, 6) is -0.160. The molecule has 4 nitrogen and oxygen atoms in total. The molecule has 0 aliphatic carbocycles. The number of furan rings is 1. The number of allylic oxidation sites excluding steroid dienone is 1. The molecule has 0 atom stereocenters. The first-order chi connectivity index (χ1) is 10.2.